The Labute approximate surface area is 632 Å². The van der Waals surface area contributed by atoms with Gasteiger partial charge in [-0.15, -0.1) is 0 Å². The molecule has 3 N–H and O–H groups in total. The van der Waals surface area contributed by atoms with Crippen LogP contribution in [-0.4, -0.2) is 96.7 Å². The summed E-state index contributed by atoms with van der Waals surface area (Å²) in [6.45, 7) is 14.3. The minimum Gasteiger partial charge on any atom is -0.462 e. The average molecular weight is 1510 g/mol. The molecule has 0 rings (SSSR count). The molecule has 0 aliphatic carbocycles. The van der Waals surface area contributed by atoms with Crippen molar-refractivity contribution in [3.05, 3.63) is 0 Å². The van der Waals surface area contributed by atoms with E-state index < -0.39 is 97.5 Å². The van der Waals surface area contributed by atoms with Crippen molar-refractivity contribution in [1.29, 1.82) is 0 Å². The number of hydrogen-bond donors (Lipinski definition) is 3. The first-order valence-corrected chi connectivity index (χ1v) is 46.2. The van der Waals surface area contributed by atoms with Crippen LogP contribution < -0.4 is 0 Å². The molecule has 0 aliphatic rings. The van der Waals surface area contributed by atoms with E-state index in [0.29, 0.717) is 31.6 Å². The van der Waals surface area contributed by atoms with Gasteiger partial charge < -0.3 is 33.8 Å². The molecule has 0 amide bonds. The van der Waals surface area contributed by atoms with Crippen LogP contribution in [0.3, 0.4) is 0 Å². The molecule has 0 bridgehead atoms. The SMILES string of the molecule is CCC(C)CCCCCCCCCCCCCCCCC(=O)O[C@H](COC(=O)CCCCCCCCC(C)C)COP(=O)(O)OC[C@H](O)COP(=O)(O)OC[C@@H](COC(=O)CCCCCCCCCCCCCCC(C)C)OC(=O)CCCCCCCCCCCCCCCCCCCCC(C)C. The summed E-state index contributed by atoms with van der Waals surface area (Å²) in [6.07, 6.45) is 61.2. The van der Waals surface area contributed by atoms with Crippen LogP contribution in [0, 0.1) is 23.7 Å². The largest absolute Gasteiger partial charge is 0.472 e. The van der Waals surface area contributed by atoms with Gasteiger partial charge in [-0.2, -0.15) is 0 Å². The highest BCUT2D eigenvalue weighted by molar-refractivity contribution is 7.47. The number of esters is 4. The lowest BCUT2D eigenvalue weighted by Gasteiger charge is -2.21. The van der Waals surface area contributed by atoms with Crippen molar-refractivity contribution in [3.8, 4) is 0 Å². The molecule has 0 spiro atoms. The summed E-state index contributed by atoms with van der Waals surface area (Å²) >= 11 is 0. The van der Waals surface area contributed by atoms with Crippen molar-refractivity contribution in [2.45, 2.75) is 453 Å². The normalized spacial score (nSPS) is 14.2. The Hall–Kier alpha value is -1.94. The van der Waals surface area contributed by atoms with E-state index in [1.54, 1.807) is 0 Å². The topological polar surface area (TPSA) is 237 Å². The van der Waals surface area contributed by atoms with Gasteiger partial charge in [-0.25, -0.2) is 9.13 Å². The highest BCUT2D eigenvalue weighted by atomic mass is 31.2. The molecule has 17 nitrogen and oxygen atoms in total. The highest BCUT2D eigenvalue weighted by Crippen LogP contribution is 2.45. The summed E-state index contributed by atoms with van der Waals surface area (Å²) < 4.78 is 68.8. The predicted molar refractivity (Wildman–Crippen MR) is 423 cm³/mol. The van der Waals surface area contributed by atoms with Gasteiger partial charge in [0.1, 0.15) is 19.3 Å². The summed E-state index contributed by atoms with van der Waals surface area (Å²) in [5.74, 6) is 1.02. The molecule has 0 aromatic carbocycles. The predicted octanol–water partition coefficient (Wildman–Crippen LogP) is 25.2. The summed E-state index contributed by atoms with van der Waals surface area (Å²) in [4.78, 5) is 73.1. The third-order valence-corrected chi connectivity index (χ3v) is 21.8. The average Bonchev–Trinajstić information content (AvgIpc) is 0.911. The Morgan fingerprint density at radius 1 is 0.272 bits per heavy atom. The number of phosphoric ester groups is 2. The Bertz CT molecular complexity index is 2010. The van der Waals surface area contributed by atoms with Crippen LogP contribution in [0.2, 0.25) is 0 Å². The number of carbonyl (C=O) groups excluding carboxylic acids is 4. The van der Waals surface area contributed by atoms with Crippen LogP contribution in [0.15, 0.2) is 0 Å². The van der Waals surface area contributed by atoms with E-state index in [-0.39, 0.29) is 25.7 Å². The van der Waals surface area contributed by atoms with Crippen molar-refractivity contribution in [1.82, 2.24) is 0 Å². The lowest BCUT2D eigenvalue weighted by atomic mass is 9.99. The van der Waals surface area contributed by atoms with E-state index in [1.807, 2.05) is 0 Å². The van der Waals surface area contributed by atoms with Gasteiger partial charge in [0.2, 0.25) is 0 Å². The van der Waals surface area contributed by atoms with Gasteiger partial charge >= 0.3 is 39.5 Å². The molecule has 0 aliphatic heterocycles. The van der Waals surface area contributed by atoms with Crippen molar-refractivity contribution in [2.24, 2.45) is 23.7 Å². The third-order valence-electron chi connectivity index (χ3n) is 19.9. The summed E-state index contributed by atoms with van der Waals surface area (Å²) in [5, 5.41) is 10.7. The number of hydrogen-bond acceptors (Lipinski definition) is 15. The first kappa shape index (κ1) is 101. The fourth-order valence-corrected chi connectivity index (χ4v) is 14.5. The maximum absolute atomic E-state index is 13.1. The fourth-order valence-electron chi connectivity index (χ4n) is 12.9. The van der Waals surface area contributed by atoms with Gasteiger partial charge in [0.15, 0.2) is 12.2 Å². The van der Waals surface area contributed by atoms with Crippen LogP contribution in [-0.2, 0) is 65.4 Å². The zero-order valence-electron chi connectivity index (χ0n) is 68.0. The van der Waals surface area contributed by atoms with Crippen molar-refractivity contribution < 1.29 is 80.2 Å². The van der Waals surface area contributed by atoms with Crippen molar-refractivity contribution in [2.75, 3.05) is 39.6 Å². The van der Waals surface area contributed by atoms with Crippen LogP contribution in [0.5, 0.6) is 0 Å². The Kier molecular flexibility index (Phi) is 71.5. The van der Waals surface area contributed by atoms with Crippen molar-refractivity contribution >= 4 is 39.5 Å². The third kappa shape index (κ3) is 76.6. The molecule has 3 unspecified atom stereocenters. The van der Waals surface area contributed by atoms with Crippen molar-refractivity contribution in [3.63, 3.8) is 0 Å². The zero-order valence-corrected chi connectivity index (χ0v) is 69.7. The number of aliphatic hydroxyl groups is 1. The molecular formula is C84H164O17P2. The van der Waals surface area contributed by atoms with Gasteiger partial charge in [0, 0.05) is 25.7 Å². The molecule has 0 aromatic heterocycles. The van der Waals surface area contributed by atoms with Gasteiger partial charge in [-0.05, 0) is 49.4 Å². The molecule has 6 atom stereocenters. The second-order valence-corrected chi connectivity index (χ2v) is 34.8. The van der Waals surface area contributed by atoms with E-state index in [0.717, 1.165) is 114 Å². The minimum absolute atomic E-state index is 0.106. The number of unbranched alkanes of at least 4 members (excludes halogenated alkanes) is 46. The Morgan fingerprint density at radius 3 is 0.689 bits per heavy atom. The van der Waals surface area contributed by atoms with Gasteiger partial charge in [0.05, 0.1) is 26.4 Å². The second kappa shape index (κ2) is 72.9. The monoisotopic (exact) mass is 1510 g/mol. The Morgan fingerprint density at radius 2 is 0.466 bits per heavy atom. The lowest BCUT2D eigenvalue weighted by Crippen LogP contribution is -2.30. The molecule has 0 aromatic rings. The highest BCUT2D eigenvalue weighted by Gasteiger charge is 2.30. The molecule has 612 valence electrons. The molecule has 0 radical (unpaired) electrons. The first-order chi connectivity index (χ1) is 49.6. The molecular weight excluding hydrogens is 1340 g/mol. The van der Waals surface area contributed by atoms with E-state index in [9.17, 15) is 43.2 Å². The van der Waals surface area contributed by atoms with Gasteiger partial charge in [-0.1, -0.05) is 383 Å². The smallest absolute Gasteiger partial charge is 0.462 e. The standard InChI is InChI=1S/C84H164O17P2/c1-9-77(8)63-55-47-38-32-26-19-16-17-21-29-35-41-51-59-67-84(89)101-80(71-95-82(87)65-57-49-43-42-46-54-62-76(6)7)73-99-103(92,93)97-69-78(85)68-96-102(90,91)98-72-79(70-94-81(86)64-56-48-39-33-27-23-22-25-31-37-45-53-61-75(4)5)100-83(88)66-58-50-40-34-28-20-15-13-11-10-12-14-18-24-30-36-44-52-60-74(2)3/h74-80,85H,9-73H2,1-8H3,(H,90,91)(H,92,93)/t77?,78-,79-,80-/m1/s1. The number of carbonyl (C=O) groups is 4. The van der Waals surface area contributed by atoms with Crippen LogP contribution in [0.4, 0.5) is 0 Å². The number of aliphatic hydroxyl groups excluding tert-OH is 1. The van der Waals surface area contributed by atoms with Gasteiger partial charge in [0.25, 0.3) is 0 Å². The van der Waals surface area contributed by atoms with E-state index in [1.165, 1.54) is 231 Å². The van der Waals surface area contributed by atoms with Crippen LogP contribution in [0.1, 0.15) is 434 Å². The zero-order chi connectivity index (χ0) is 76.0. The van der Waals surface area contributed by atoms with E-state index >= 15 is 0 Å². The summed E-state index contributed by atoms with van der Waals surface area (Å²) in [5.41, 5.74) is 0. The summed E-state index contributed by atoms with van der Waals surface area (Å²) in [6, 6.07) is 0. The number of ether oxygens (including phenoxy) is 4. The lowest BCUT2D eigenvalue weighted by molar-refractivity contribution is -0.161. The maximum Gasteiger partial charge on any atom is 0.472 e. The molecule has 0 fully saturated rings. The quantitative estimate of drug-likeness (QED) is 0.0222. The summed E-state index contributed by atoms with van der Waals surface area (Å²) in [7, 11) is -9.93. The Balaban J connectivity index is 5.21. The van der Waals surface area contributed by atoms with E-state index in [4.69, 9.17) is 37.0 Å². The number of rotatable bonds is 81. The maximum atomic E-state index is 13.1. The molecule has 19 heteroatoms. The first-order valence-electron chi connectivity index (χ1n) is 43.2. The van der Waals surface area contributed by atoms with Crippen LogP contribution >= 0.6 is 15.6 Å². The second-order valence-electron chi connectivity index (χ2n) is 31.9. The minimum atomic E-state index is -4.96. The molecule has 0 heterocycles. The number of phosphoric acid groups is 2. The van der Waals surface area contributed by atoms with E-state index in [2.05, 4.69) is 55.4 Å². The fraction of sp³-hybridized carbons (Fsp3) is 0.952. The molecule has 103 heavy (non-hydrogen) atoms. The van der Waals surface area contributed by atoms with Crippen LogP contribution in [0.25, 0.3) is 0 Å². The molecule has 0 saturated carbocycles. The molecule has 0 saturated heterocycles. The van der Waals surface area contributed by atoms with Gasteiger partial charge in [-0.3, -0.25) is 37.3 Å².